The monoisotopic (exact) mass is 210 g/mol. The number of carbonyl (C=O) groups is 1. The first-order valence-electron chi connectivity index (χ1n) is 4.20. The van der Waals surface area contributed by atoms with Gasteiger partial charge in [0.1, 0.15) is 0 Å². The highest BCUT2D eigenvalue weighted by molar-refractivity contribution is 5.91. The second-order valence-electron chi connectivity index (χ2n) is 3.19. The molecule has 1 aliphatic carbocycles. The van der Waals surface area contributed by atoms with Gasteiger partial charge in [-0.1, -0.05) is 13.0 Å². The third-order valence-corrected chi connectivity index (χ3v) is 1.92. The normalized spacial score (nSPS) is 20.9. The smallest absolute Gasteiger partial charge is 0.337 e. The molecule has 15 heavy (non-hydrogen) atoms. The van der Waals surface area contributed by atoms with Crippen LogP contribution in [-0.4, -0.2) is 16.0 Å². The van der Waals surface area contributed by atoms with E-state index in [1.54, 1.807) is 6.92 Å². The molecule has 3 N–H and O–H groups in total. The molecule has 0 saturated heterocycles. The van der Waals surface area contributed by atoms with Crippen LogP contribution in [-0.2, 0) is 4.79 Å². The summed E-state index contributed by atoms with van der Waals surface area (Å²) in [6.07, 6.45) is 3.79. The Morgan fingerprint density at radius 2 is 2.20 bits per heavy atom. The molecule has 0 heterocycles. The Bertz CT molecular complexity index is 406. The van der Waals surface area contributed by atoms with E-state index < -0.39 is 10.9 Å². The lowest BCUT2D eigenvalue weighted by molar-refractivity contribution is -0.419. The predicted octanol–water partition coefficient (Wildman–Crippen LogP) is 0.650. The number of nitrogens with zero attached hydrogens (tertiary/aromatic N) is 1. The highest BCUT2D eigenvalue weighted by Gasteiger charge is 2.19. The average molecular weight is 210 g/mol. The molecule has 0 bridgehead atoms. The van der Waals surface area contributed by atoms with E-state index in [9.17, 15) is 14.9 Å². The summed E-state index contributed by atoms with van der Waals surface area (Å²) in [5, 5.41) is 19.3. The Hall–Kier alpha value is -2.11. The summed E-state index contributed by atoms with van der Waals surface area (Å²) >= 11 is 0. The van der Waals surface area contributed by atoms with Crippen molar-refractivity contribution in [1.29, 1.82) is 0 Å². The number of rotatable bonds is 2. The highest BCUT2D eigenvalue weighted by atomic mass is 16.6. The number of carboxylic acids is 1. The summed E-state index contributed by atoms with van der Waals surface area (Å²) in [7, 11) is 0. The van der Waals surface area contributed by atoms with E-state index in [-0.39, 0.29) is 22.9 Å². The summed E-state index contributed by atoms with van der Waals surface area (Å²) in [5.74, 6) is -1.53. The van der Waals surface area contributed by atoms with Crippen molar-refractivity contribution in [3.63, 3.8) is 0 Å². The number of hydrogen-bond acceptors (Lipinski definition) is 4. The summed E-state index contributed by atoms with van der Waals surface area (Å²) < 4.78 is 0. The lowest BCUT2D eigenvalue weighted by Gasteiger charge is -2.00. The van der Waals surface area contributed by atoms with Gasteiger partial charge in [0.2, 0.25) is 0 Å². The van der Waals surface area contributed by atoms with Crippen molar-refractivity contribution >= 4 is 5.97 Å². The van der Waals surface area contributed by atoms with Crippen molar-refractivity contribution in [2.24, 2.45) is 11.7 Å². The van der Waals surface area contributed by atoms with E-state index in [1.165, 1.54) is 12.2 Å². The number of allylic oxidation sites excluding steroid dienone is 3. The van der Waals surface area contributed by atoms with Gasteiger partial charge in [-0.3, -0.25) is 10.1 Å². The van der Waals surface area contributed by atoms with Crippen molar-refractivity contribution in [3.8, 4) is 0 Å². The minimum Gasteiger partial charge on any atom is -0.478 e. The predicted molar refractivity (Wildman–Crippen MR) is 52.2 cm³/mol. The van der Waals surface area contributed by atoms with E-state index in [2.05, 4.69) is 0 Å². The summed E-state index contributed by atoms with van der Waals surface area (Å²) in [6.45, 7) is 1.65. The maximum absolute atomic E-state index is 10.8. The molecule has 0 aromatic carbocycles. The Morgan fingerprint density at radius 3 is 2.67 bits per heavy atom. The first kappa shape index (κ1) is 11.0. The zero-order valence-electron chi connectivity index (χ0n) is 8.01. The molecule has 0 fully saturated rings. The first-order chi connectivity index (χ1) is 6.91. The average Bonchev–Trinajstić information content (AvgIpc) is 2.25. The molecule has 0 saturated carbocycles. The molecule has 6 heteroatoms. The topological polar surface area (TPSA) is 106 Å². The Kier molecular flexibility index (Phi) is 2.89. The van der Waals surface area contributed by atoms with Crippen LogP contribution in [0.25, 0.3) is 0 Å². The Balaban J connectivity index is 3.19. The van der Waals surface area contributed by atoms with Gasteiger partial charge >= 0.3 is 5.97 Å². The molecular formula is C9H10N2O4. The SMILES string of the molecule is CC1C=C(C(=O)O)C(N)=CC([N+](=O)[O-])=C1. The molecule has 6 nitrogen and oxygen atoms in total. The van der Waals surface area contributed by atoms with Gasteiger partial charge < -0.3 is 10.8 Å². The fourth-order valence-electron chi connectivity index (χ4n) is 1.27. The van der Waals surface area contributed by atoms with Crippen molar-refractivity contribution in [1.82, 2.24) is 0 Å². The molecule has 1 aliphatic rings. The van der Waals surface area contributed by atoms with Gasteiger partial charge in [0, 0.05) is 18.1 Å². The molecule has 0 radical (unpaired) electrons. The molecule has 1 atom stereocenters. The molecule has 1 unspecified atom stereocenters. The second-order valence-corrected chi connectivity index (χ2v) is 3.19. The molecule has 0 amide bonds. The lowest BCUT2D eigenvalue weighted by atomic mass is 10.1. The largest absolute Gasteiger partial charge is 0.478 e. The van der Waals surface area contributed by atoms with Gasteiger partial charge in [-0.05, 0) is 0 Å². The van der Waals surface area contributed by atoms with Gasteiger partial charge in [0.05, 0.1) is 16.2 Å². The quantitative estimate of drug-likeness (QED) is 0.514. The van der Waals surface area contributed by atoms with Crippen LogP contribution in [0.15, 0.2) is 35.2 Å². The van der Waals surface area contributed by atoms with Crippen molar-refractivity contribution in [2.75, 3.05) is 0 Å². The third-order valence-electron chi connectivity index (χ3n) is 1.92. The minimum absolute atomic E-state index is 0.101. The number of nitrogens with two attached hydrogens (primary N) is 1. The first-order valence-corrected chi connectivity index (χ1v) is 4.20. The molecule has 0 aromatic heterocycles. The number of carboxylic acid groups (broad SMARTS) is 1. The van der Waals surface area contributed by atoms with Crippen LogP contribution in [0.3, 0.4) is 0 Å². The molecule has 1 rings (SSSR count). The van der Waals surface area contributed by atoms with Crippen LogP contribution in [0.4, 0.5) is 0 Å². The molecule has 0 aromatic rings. The van der Waals surface area contributed by atoms with Crippen molar-refractivity contribution < 1.29 is 14.8 Å². The highest BCUT2D eigenvalue weighted by Crippen LogP contribution is 2.18. The summed E-state index contributed by atoms with van der Waals surface area (Å²) in [6, 6.07) is 0. The van der Waals surface area contributed by atoms with Crippen LogP contribution in [0, 0.1) is 16.0 Å². The van der Waals surface area contributed by atoms with Gasteiger partial charge in [0.15, 0.2) is 0 Å². The summed E-state index contributed by atoms with van der Waals surface area (Å²) in [5.41, 5.74) is 5.05. The molecule has 0 spiro atoms. The van der Waals surface area contributed by atoms with E-state index in [0.29, 0.717) is 0 Å². The zero-order valence-corrected chi connectivity index (χ0v) is 8.01. The summed E-state index contributed by atoms with van der Waals surface area (Å²) in [4.78, 5) is 20.7. The van der Waals surface area contributed by atoms with Crippen LogP contribution in [0.2, 0.25) is 0 Å². The van der Waals surface area contributed by atoms with Gasteiger partial charge in [0.25, 0.3) is 5.70 Å². The zero-order chi connectivity index (χ0) is 11.6. The van der Waals surface area contributed by atoms with Crippen LogP contribution >= 0.6 is 0 Å². The van der Waals surface area contributed by atoms with Gasteiger partial charge in [-0.2, -0.15) is 0 Å². The molecule has 80 valence electrons. The van der Waals surface area contributed by atoms with Gasteiger partial charge in [-0.15, -0.1) is 0 Å². The van der Waals surface area contributed by atoms with Crippen molar-refractivity contribution in [3.05, 3.63) is 45.3 Å². The lowest BCUT2D eigenvalue weighted by Crippen LogP contribution is -2.11. The molecular weight excluding hydrogens is 200 g/mol. The standard InChI is InChI=1S/C9H10N2O4/c1-5-2-6(11(14)15)4-8(10)7(3-5)9(12)13/h2-5H,10H2,1H3,(H,12,13). The van der Waals surface area contributed by atoms with E-state index in [4.69, 9.17) is 10.8 Å². The maximum atomic E-state index is 10.8. The van der Waals surface area contributed by atoms with E-state index in [0.717, 1.165) is 6.08 Å². The van der Waals surface area contributed by atoms with Crippen LogP contribution < -0.4 is 5.73 Å². The molecule has 0 aliphatic heterocycles. The Labute approximate surface area is 85.5 Å². The van der Waals surface area contributed by atoms with Gasteiger partial charge in [-0.25, -0.2) is 4.79 Å². The van der Waals surface area contributed by atoms with Crippen LogP contribution in [0.1, 0.15) is 6.92 Å². The fraction of sp³-hybridized carbons (Fsp3) is 0.222. The van der Waals surface area contributed by atoms with Crippen molar-refractivity contribution in [2.45, 2.75) is 6.92 Å². The number of aliphatic carboxylic acids is 1. The van der Waals surface area contributed by atoms with E-state index >= 15 is 0 Å². The Morgan fingerprint density at radius 1 is 1.60 bits per heavy atom. The minimum atomic E-state index is -1.19. The van der Waals surface area contributed by atoms with E-state index in [1.807, 2.05) is 0 Å². The maximum Gasteiger partial charge on any atom is 0.337 e. The third kappa shape index (κ3) is 2.43. The number of hydrogen-bond donors (Lipinski definition) is 2. The fourth-order valence-corrected chi connectivity index (χ4v) is 1.27. The second kappa shape index (κ2) is 3.95. The number of nitro groups is 1. The van der Waals surface area contributed by atoms with Crippen LogP contribution in [0.5, 0.6) is 0 Å².